The van der Waals surface area contributed by atoms with Gasteiger partial charge >= 0.3 is 0 Å². The van der Waals surface area contributed by atoms with Crippen molar-refractivity contribution in [2.75, 3.05) is 33.3 Å². The van der Waals surface area contributed by atoms with Crippen molar-refractivity contribution in [2.45, 2.75) is 12.8 Å². The molecule has 20 heavy (non-hydrogen) atoms. The Morgan fingerprint density at radius 2 is 2.30 bits per heavy atom. The lowest BCUT2D eigenvalue weighted by atomic mass is 10.3. The number of likely N-dealkylation sites (N-methyl/N-ethyl adjacent to an activating group) is 1. The quantitative estimate of drug-likeness (QED) is 0.787. The molecule has 1 fully saturated rings. The van der Waals surface area contributed by atoms with Crippen molar-refractivity contribution >= 4 is 5.91 Å². The van der Waals surface area contributed by atoms with E-state index in [2.05, 4.69) is 5.32 Å². The lowest BCUT2D eigenvalue weighted by molar-refractivity contribution is -0.129. The van der Waals surface area contributed by atoms with E-state index in [1.165, 1.54) is 25.0 Å². The van der Waals surface area contributed by atoms with Crippen LogP contribution in [-0.2, 0) is 4.79 Å². The minimum atomic E-state index is -0.323. The van der Waals surface area contributed by atoms with E-state index >= 15 is 0 Å². The number of carbonyl (C=O) groups is 1. The molecule has 110 valence electrons. The molecule has 0 bridgehead atoms. The fourth-order valence-electron chi connectivity index (χ4n) is 1.82. The Bertz CT molecular complexity index is 449. The van der Waals surface area contributed by atoms with E-state index in [1.807, 2.05) is 0 Å². The van der Waals surface area contributed by atoms with Crippen LogP contribution in [-0.4, -0.2) is 44.1 Å². The van der Waals surface area contributed by atoms with Gasteiger partial charge in [-0.2, -0.15) is 0 Å². The highest BCUT2D eigenvalue weighted by Crippen LogP contribution is 2.27. The number of hydrogen-bond donors (Lipinski definition) is 1. The molecule has 5 heteroatoms. The standard InChI is InChI=1S/C15H21FN2O2/c1-18(15(19)11-17-10-12-5-6-12)7-8-20-14-4-2-3-13(16)9-14/h2-4,9,12,17H,5-8,10-11H2,1H3. The second kappa shape index (κ2) is 7.24. The number of rotatable bonds is 8. The van der Waals surface area contributed by atoms with E-state index < -0.39 is 0 Å². The normalized spacial score (nSPS) is 14.1. The number of nitrogens with zero attached hydrogens (tertiary/aromatic N) is 1. The Morgan fingerprint density at radius 3 is 3.00 bits per heavy atom. The molecular formula is C15H21FN2O2. The number of halogens is 1. The molecule has 0 spiro atoms. The van der Waals surface area contributed by atoms with Gasteiger partial charge in [0.25, 0.3) is 0 Å². The fraction of sp³-hybridized carbons (Fsp3) is 0.533. The van der Waals surface area contributed by atoms with Crippen molar-refractivity contribution in [2.24, 2.45) is 5.92 Å². The Labute approximate surface area is 118 Å². The van der Waals surface area contributed by atoms with Gasteiger partial charge in [0, 0.05) is 13.1 Å². The van der Waals surface area contributed by atoms with Crippen LogP contribution in [0.2, 0.25) is 0 Å². The van der Waals surface area contributed by atoms with Gasteiger partial charge in [-0.25, -0.2) is 4.39 Å². The average molecular weight is 280 g/mol. The van der Waals surface area contributed by atoms with Crippen LogP contribution in [0.4, 0.5) is 4.39 Å². The fourth-order valence-corrected chi connectivity index (χ4v) is 1.82. The molecule has 1 N–H and O–H groups in total. The largest absolute Gasteiger partial charge is 0.492 e. The summed E-state index contributed by atoms with van der Waals surface area (Å²) in [5, 5.41) is 3.16. The highest BCUT2D eigenvalue weighted by molar-refractivity contribution is 5.77. The molecule has 1 aromatic rings. The molecule has 1 amide bonds. The Balaban J connectivity index is 1.60. The minimum absolute atomic E-state index is 0.0495. The van der Waals surface area contributed by atoms with Crippen molar-refractivity contribution in [3.8, 4) is 5.75 Å². The number of ether oxygens (including phenoxy) is 1. The van der Waals surface area contributed by atoms with Crippen LogP contribution in [0, 0.1) is 11.7 Å². The van der Waals surface area contributed by atoms with Gasteiger partial charge in [-0.15, -0.1) is 0 Å². The number of amides is 1. The molecule has 1 aliphatic rings. The molecule has 0 radical (unpaired) electrons. The van der Waals surface area contributed by atoms with E-state index in [4.69, 9.17) is 4.74 Å². The molecule has 1 aliphatic carbocycles. The monoisotopic (exact) mass is 280 g/mol. The summed E-state index contributed by atoms with van der Waals surface area (Å²) in [6, 6.07) is 6.00. The smallest absolute Gasteiger partial charge is 0.236 e. The van der Waals surface area contributed by atoms with E-state index in [0.29, 0.717) is 25.4 Å². The molecular weight excluding hydrogens is 259 g/mol. The summed E-state index contributed by atoms with van der Waals surface area (Å²) in [5.74, 6) is 0.979. The van der Waals surface area contributed by atoms with Gasteiger partial charge in [-0.1, -0.05) is 6.07 Å². The lowest BCUT2D eigenvalue weighted by Gasteiger charge is -2.17. The third-order valence-electron chi connectivity index (χ3n) is 3.32. The molecule has 1 saturated carbocycles. The molecule has 0 aromatic heterocycles. The Hall–Kier alpha value is -1.62. The second-order valence-electron chi connectivity index (χ2n) is 5.20. The van der Waals surface area contributed by atoms with E-state index in [0.717, 1.165) is 12.5 Å². The van der Waals surface area contributed by atoms with Gasteiger partial charge in [0.2, 0.25) is 5.91 Å². The molecule has 1 aromatic carbocycles. The van der Waals surface area contributed by atoms with Crippen molar-refractivity contribution in [1.29, 1.82) is 0 Å². The first-order chi connectivity index (χ1) is 9.65. The second-order valence-corrected chi connectivity index (χ2v) is 5.20. The van der Waals surface area contributed by atoms with Gasteiger partial charge in [-0.05, 0) is 37.4 Å². The van der Waals surface area contributed by atoms with Crippen LogP contribution in [0.5, 0.6) is 5.75 Å². The van der Waals surface area contributed by atoms with Crippen molar-refractivity contribution in [3.05, 3.63) is 30.1 Å². The maximum absolute atomic E-state index is 12.9. The third-order valence-corrected chi connectivity index (χ3v) is 3.32. The number of hydrogen-bond acceptors (Lipinski definition) is 3. The van der Waals surface area contributed by atoms with Gasteiger partial charge < -0.3 is 15.0 Å². The van der Waals surface area contributed by atoms with Crippen LogP contribution in [0.3, 0.4) is 0 Å². The zero-order chi connectivity index (χ0) is 14.4. The summed E-state index contributed by atoms with van der Waals surface area (Å²) in [6.45, 7) is 2.14. The predicted octanol–water partition coefficient (Wildman–Crippen LogP) is 1.66. The molecule has 0 saturated heterocycles. The predicted molar refractivity (Wildman–Crippen MR) is 75.1 cm³/mol. The minimum Gasteiger partial charge on any atom is -0.492 e. The SMILES string of the molecule is CN(CCOc1cccc(F)c1)C(=O)CNCC1CC1. The molecule has 0 heterocycles. The molecule has 0 atom stereocenters. The average Bonchev–Trinajstić information content (AvgIpc) is 3.22. The third kappa shape index (κ3) is 5.17. The van der Waals surface area contributed by atoms with Crippen LogP contribution >= 0.6 is 0 Å². The first kappa shape index (κ1) is 14.8. The Morgan fingerprint density at radius 1 is 1.50 bits per heavy atom. The van der Waals surface area contributed by atoms with E-state index in [9.17, 15) is 9.18 Å². The summed E-state index contributed by atoms with van der Waals surface area (Å²) in [5.41, 5.74) is 0. The Kier molecular flexibility index (Phi) is 5.35. The van der Waals surface area contributed by atoms with Gasteiger partial charge in [0.05, 0.1) is 13.1 Å². The maximum atomic E-state index is 12.9. The van der Waals surface area contributed by atoms with Crippen LogP contribution in [0.25, 0.3) is 0 Å². The van der Waals surface area contributed by atoms with Gasteiger partial charge in [0.15, 0.2) is 0 Å². The number of nitrogens with one attached hydrogen (secondary N) is 1. The molecule has 4 nitrogen and oxygen atoms in total. The van der Waals surface area contributed by atoms with Gasteiger partial charge in [0.1, 0.15) is 18.2 Å². The van der Waals surface area contributed by atoms with Crippen molar-refractivity contribution < 1.29 is 13.9 Å². The van der Waals surface area contributed by atoms with Crippen molar-refractivity contribution in [1.82, 2.24) is 10.2 Å². The van der Waals surface area contributed by atoms with E-state index in [-0.39, 0.29) is 11.7 Å². The van der Waals surface area contributed by atoms with Crippen LogP contribution < -0.4 is 10.1 Å². The van der Waals surface area contributed by atoms with Crippen LogP contribution in [0.15, 0.2) is 24.3 Å². The summed E-state index contributed by atoms with van der Waals surface area (Å²) in [4.78, 5) is 13.4. The van der Waals surface area contributed by atoms with Gasteiger partial charge in [-0.3, -0.25) is 4.79 Å². The maximum Gasteiger partial charge on any atom is 0.236 e. The summed E-state index contributed by atoms with van der Waals surface area (Å²) in [7, 11) is 1.75. The zero-order valence-electron chi connectivity index (χ0n) is 11.8. The zero-order valence-corrected chi connectivity index (χ0v) is 11.8. The molecule has 2 rings (SSSR count). The number of carbonyl (C=O) groups excluding carboxylic acids is 1. The first-order valence-corrected chi connectivity index (χ1v) is 6.98. The highest BCUT2D eigenvalue weighted by atomic mass is 19.1. The summed E-state index contributed by atoms with van der Waals surface area (Å²) in [6.07, 6.45) is 2.55. The first-order valence-electron chi connectivity index (χ1n) is 6.98. The lowest BCUT2D eigenvalue weighted by Crippen LogP contribution is -2.38. The molecule has 0 unspecified atom stereocenters. The molecule has 0 aliphatic heterocycles. The van der Waals surface area contributed by atoms with Crippen molar-refractivity contribution in [3.63, 3.8) is 0 Å². The topological polar surface area (TPSA) is 41.6 Å². The summed E-state index contributed by atoms with van der Waals surface area (Å²) < 4.78 is 18.3. The summed E-state index contributed by atoms with van der Waals surface area (Å²) >= 11 is 0. The van der Waals surface area contributed by atoms with E-state index in [1.54, 1.807) is 24.1 Å². The number of benzene rings is 1. The van der Waals surface area contributed by atoms with Crippen LogP contribution in [0.1, 0.15) is 12.8 Å². The highest BCUT2D eigenvalue weighted by Gasteiger charge is 2.20.